The maximum Gasteiger partial charge on any atom is 0.311 e. The van der Waals surface area contributed by atoms with Gasteiger partial charge in [0.2, 0.25) is 5.91 Å². The number of carbonyl (C=O) groups is 1. The summed E-state index contributed by atoms with van der Waals surface area (Å²) in [6.45, 7) is 5.75. The molecule has 0 bridgehead atoms. The lowest BCUT2D eigenvalue weighted by molar-refractivity contribution is -0.385. The normalized spacial score (nSPS) is 11.1. The summed E-state index contributed by atoms with van der Waals surface area (Å²) in [7, 11) is 0. The Morgan fingerprint density at radius 1 is 1.23 bits per heavy atom. The van der Waals surface area contributed by atoms with E-state index in [1.54, 1.807) is 19.9 Å². The summed E-state index contributed by atoms with van der Waals surface area (Å²) in [4.78, 5) is 22.7. The van der Waals surface area contributed by atoms with E-state index >= 15 is 0 Å². The molecule has 136 valence electrons. The van der Waals surface area contributed by atoms with Crippen molar-refractivity contribution < 1.29 is 14.5 Å². The molecule has 0 saturated carbocycles. The van der Waals surface area contributed by atoms with Crippen LogP contribution in [0.4, 0.5) is 5.69 Å². The molecule has 1 N–H and O–H groups in total. The first-order chi connectivity index (χ1) is 12.4. The summed E-state index contributed by atoms with van der Waals surface area (Å²) in [6, 6.07) is 12.2. The molecule has 7 nitrogen and oxygen atoms in total. The summed E-state index contributed by atoms with van der Waals surface area (Å²) in [5, 5.41) is 15.2. The van der Waals surface area contributed by atoms with Crippen molar-refractivity contribution in [3.05, 3.63) is 69.3 Å². The minimum absolute atomic E-state index is 0.134. The molecular weight excluding hydrogens is 334 g/mol. The third-order valence-corrected chi connectivity index (χ3v) is 3.71. The van der Waals surface area contributed by atoms with E-state index < -0.39 is 4.92 Å². The van der Waals surface area contributed by atoms with Gasteiger partial charge in [0, 0.05) is 11.6 Å². The zero-order valence-electron chi connectivity index (χ0n) is 15.0. The molecule has 1 amide bonds. The van der Waals surface area contributed by atoms with Crippen molar-refractivity contribution >= 4 is 17.3 Å². The average Bonchev–Trinajstić information content (AvgIpc) is 2.62. The first-order valence-corrected chi connectivity index (χ1v) is 8.21. The summed E-state index contributed by atoms with van der Waals surface area (Å²) in [6.07, 6.45) is 0.209. The second-order valence-corrected chi connectivity index (χ2v) is 5.77. The van der Waals surface area contributed by atoms with Crippen LogP contribution in [0, 0.1) is 17.0 Å². The second-order valence-electron chi connectivity index (χ2n) is 5.77. The lowest BCUT2D eigenvalue weighted by atomic mass is 10.1. The lowest BCUT2D eigenvalue weighted by Crippen LogP contribution is -2.21. The van der Waals surface area contributed by atoms with E-state index in [1.807, 2.05) is 31.2 Å². The van der Waals surface area contributed by atoms with Crippen LogP contribution in [0.5, 0.6) is 5.75 Å². The average molecular weight is 355 g/mol. The van der Waals surface area contributed by atoms with Crippen molar-refractivity contribution in [3.63, 3.8) is 0 Å². The Morgan fingerprint density at radius 3 is 2.54 bits per heavy atom. The maximum absolute atomic E-state index is 12.0. The number of hydrogen-bond acceptors (Lipinski definition) is 5. The molecule has 0 aromatic heterocycles. The topological polar surface area (TPSA) is 93.8 Å². The van der Waals surface area contributed by atoms with E-state index in [0.29, 0.717) is 17.9 Å². The van der Waals surface area contributed by atoms with E-state index in [2.05, 4.69) is 10.5 Å². The highest BCUT2D eigenvalue weighted by molar-refractivity contribution is 6.00. The molecule has 0 spiro atoms. The molecule has 0 radical (unpaired) electrons. The summed E-state index contributed by atoms with van der Waals surface area (Å²) < 4.78 is 5.25. The van der Waals surface area contributed by atoms with Crippen LogP contribution in [0.1, 0.15) is 30.5 Å². The number of carbonyl (C=O) groups excluding carboxylic acids is 1. The van der Waals surface area contributed by atoms with Crippen LogP contribution >= 0.6 is 0 Å². The van der Waals surface area contributed by atoms with Crippen molar-refractivity contribution in [2.45, 2.75) is 27.2 Å². The SMILES string of the molecule is CCOc1ccc(/C(C)=N\NC(=O)Cc2ccc(C)cc2)cc1[N+](=O)[O-]. The number of rotatable bonds is 7. The zero-order chi connectivity index (χ0) is 19.1. The molecule has 0 atom stereocenters. The first kappa shape index (κ1) is 19.1. The fourth-order valence-corrected chi connectivity index (χ4v) is 2.30. The molecule has 2 aromatic rings. The minimum atomic E-state index is -0.502. The van der Waals surface area contributed by atoms with Gasteiger partial charge in [-0.2, -0.15) is 5.10 Å². The molecule has 0 aliphatic carbocycles. The molecule has 2 rings (SSSR count). The molecule has 0 aliphatic rings. The van der Waals surface area contributed by atoms with E-state index in [9.17, 15) is 14.9 Å². The summed E-state index contributed by atoms with van der Waals surface area (Å²) in [5.74, 6) is -0.0499. The van der Waals surface area contributed by atoms with Gasteiger partial charge in [-0.15, -0.1) is 0 Å². The van der Waals surface area contributed by atoms with Crippen LogP contribution in [-0.2, 0) is 11.2 Å². The number of nitrogens with zero attached hydrogens (tertiary/aromatic N) is 2. The highest BCUT2D eigenvalue weighted by Crippen LogP contribution is 2.28. The van der Waals surface area contributed by atoms with Gasteiger partial charge in [0.1, 0.15) is 0 Å². The fraction of sp³-hybridized carbons (Fsp3) is 0.263. The number of aryl methyl sites for hydroxylation is 1. The van der Waals surface area contributed by atoms with Gasteiger partial charge in [-0.25, -0.2) is 5.43 Å². The van der Waals surface area contributed by atoms with Crippen LogP contribution in [0.3, 0.4) is 0 Å². The van der Waals surface area contributed by atoms with Gasteiger partial charge in [-0.1, -0.05) is 29.8 Å². The number of nitro benzene ring substituents is 1. The molecule has 26 heavy (non-hydrogen) atoms. The largest absolute Gasteiger partial charge is 0.487 e. The Labute approximate surface area is 151 Å². The molecule has 7 heteroatoms. The van der Waals surface area contributed by atoms with Crippen molar-refractivity contribution in [2.24, 2.45) is 5.10 Å². The van der Waals surface area contributed by atoms with E-state index in [-0.39, 0.29) is 23.8 Å². The molecule has 2 aromatic carbocycles. The Hall–Kier alpha value is -3.22. The number of amides is 1. The Bertz CT molecular complexity index is 829. The Morgan fingerprint density at radius 2 is 1.92 bits per heavy atom. The number of hydrogen-bond donors (Lipinski definition) is 1. The van der Waals surface area contributed by atoms with Gasteiger partial charge in [-0.3, -0.25) is 14.9 Å². The fourth-order valence-electron chi connectivity index (χ4n) is 2.30. The molecule has 0 saturated heterocycles. The number of hydrazone groups is 1. The van der Waals surface area contributed by atoms with Gasteiger partial charge in [-0.05, 0) is 38.5 Å². The van der Waals surface area contributed by atoms with Gasteiger partial charge >= 0.3 is 5.69 Å². The third kappa shape index (κ3) is 5.14. The zero-order valence-corrected chi connectivity index (χ0v) is 15.0. The standard InChI is InChI=1S/C19H21N3O4/c1-4-26-18-10-9-16(12-17(18)22(24)25)14(3)20-21-19(23)11-15-7-5-13(2)6-8-15/h5-10,12H,4,11H2,1-3H3,(H,21,23)/b20-14-. The van der Waals surface area contributed by atoms with Crippen LogP contribution < -0.4 is 10.2 Å². The van der Waals surface area contributed by atoms with Crippen molar-refractivity contribution in [2.75, 3.05) is 6.61 Å². The van der Waals surface area contributed by atoms with Crippen LogP contribution in [0.2, 0.25) is 0 Å². The van der Waals surface area contributed by atoms with Crippen molar-refractivity contribution in [1.82, 2.24) is 5.43 Å². The highest BCUT2D eigenvalue weighted by Gasteiger charge is 2.16. The maximum atomic E-state index is 12.0. The van der Waals surface area contributed by atoms with E-state index in [4.69, 9.17) is 4.74 Å². The Balaban J connectivity index is 2.08. The van der Waals surface area contributed by atoms with Gasteiger partial charge in [0.25, 0.3) is 0 Å². The minimum Gasteiger partial charge on any atom is -0.487 e. The quantitative estimate of drug-likeness (QED) is 0.468. The van der Waals surface area contributed by atoms with E-state index in [1.165, 1.54) is 12.1 Å². The predicted octanol–water partition coefficient (Wildman–Crippen LogP) is 3.38. The number of ether oxygens (including phenoxy) is 1. The van der Waals surface area contributed by atoms with Crippen molar-refractivity contribution in [1.29, 1.82) is 0 Å². The molecule has 0 heterocycles. The summed E-state index contributed by atoms with van der Waals surface area (Å²) >= 11 is 0. The second kappa shape index (κ2) is 8.75. The van der Waals surface area contributed by atoms with Crippen LogP contribution in [-0.4, -0.2) is 23.1 Å². The number of nitrogens with one attached hydrogen (secondary N) is 1. The van der Waals surface area contributed by atoms with Gasteiger partial charge in [0.15, 0.2) is 5.75 Å². The van der Waals surface area contributed by atoms with Gasteiger partial charge in [0.05, 0.1) is 23.7 Å². The number of nitro groups is 1. The summed E-state index contributed by atoms with van der Waals surface area (Å²) in [5.41, 5.74) is 5.36. The third-order valence-electron chi connectivity index (χ3n) is 3.71. The van der Waals surface area contributed by atoms with Crippen molar-refractivity contribution in [3.8, 4) is 5.75 Å². The molecular formula is C19H21N3O4. The number of benzene rings is 2. The highest BCUT2D eigenvalue weighted by atomic mass is 16.6. The molecule has 0 fully saturated rings. The molecule has 0 aliphatic heterocycles. The Kier molecular flexibility index (Phi) is 6.43. The van der Waals surface area contributed by atoms with Crippen LogP contribution in [0.25, 0.3) is 0 Å². The smallest absolute Gasteiger partial charge is 0.311 e. The van der Waals surface area contributed by atoms with E-state index in [0.717, 1.165) is 11.1 Å². The van der Waals surface area contributed by atoms with Crippen LogP contribution in [0.15, 0.2) is 47.6 Å². The van der Waals surface area contributed by atoms with Gasteiger partial charge < -0.3 is 4.74 Å². The predicted molar refractivity (Wildman–Crippen MR) is 99.5 cm³/mol. The lowest BCUT2D eigenvalue weighted by Gasteiger charge is -2.07. The monoisotopic (exact) mass is 355 g/mol. The molecule has 0 unspecified atom stereocenters. The first-order valence-electron chi connectivity index (χ1n) is 8.21.